The van der Waals surface area contributed by atoms with Crippen molar-refractivity contribution < 1.29 is 13.2 Å². The Morgan fingerprint density at radius 3 is 2.46 bits per heavy atom. The van der Waals surface area contributed by atoms with Gasteiger partial charge in [-0.1, -0.05) is 23.7 Å². The first-order valence-corrected chi connectivity index (χ1v) is 10.1. The maximum Gasteiger partial charge on any atom is 0.264 e. The van der Waals surface area contributed by atoms with Gasteiger partial charge in [0.2, 0.25) is 0 Å². The van der Waals surface area contributed by atoms with Crippen LogP contribution in [-0.2, 0) is 10.0 Å². The van der Waals surface area contributed by atoms with Crippen molar-refractivity contribution in [1.82, 2.24) is 10.2 Å². The molecule has 0 saturated carbocycles. The molecule has 0 unspecified atom stereocenters. The van der Waals surface area contributed by atoms with Crippen molar-refractivity contribution in [2.45, 2.75) is 18.7 Å². The van der Waals surface area contributed by atoms with E-state index in [9.17, 15) is 13.2 Å². The van der Waals surface area contributed by atoms with Crippen LogP contribution < -0.4 is 15.0 Å². The maximum atomic E-state index is 13.0. The summed E-state index contributed by atoms with van der Waals surface area (Å²) in [6.07, 6.45) is 0. The molecule has 0 atom stereocenters. The van der Waals surface area contributed by atoms with Crippen molar-refractivity contribution in [3.05, 3.63) is 69.0 Å². The number of nitrogens with zero attached hydrogens (tertiary/aromatic N) is 1. The number of aryl methyl sites for hydroxylation is 2. The molecule has 0 amide bonds. The average molecular weight is 420 g/mol. The Morgan fingerprint density at radius 2 is 1.82 bits per heavy atom. The molecular formula is C19H18ClN3O4S. The van der Waals surface area contributed by atoms with E-state index in [1.807, 2.05) is 0 Å². The van der Waals surface area contributed by atoms with Gasteiger partial charge >= 0.3 is 0 Å². The van der Waals surface area contributed by atoms with E-state index in [2.05, 4.69) is 14.9 Å². The van der Waals surface area contributed by atoms with Gasteiger partial charge in [0.1, 0.15) is 5.75 Å². The van der Waals surface area contributed by atoms with Gasteiger partial charge in [-0.3, -0.25) is 9.52 Å². The van der Waals surface area contributed by atoms with Gasteiger partial charge in [0.25, 0.3) is 15.6 Å². The number of aromatic nitrogens is 2. The number of methoxy groups -OCH3 is 1. The summed E-state index contributed by atoms with van der Waals surface area (Å²) in [6.45, 7) is 3.47. The van der Waals surface area contributed by atoms with E-state index in [-0.39, 0.29) is 16.1 Å². The van der Waals surface area contributed by atoms with E-state index in [1.54, 1.807) is 38.1 Å². The number of hydrogen-bond donors (Lipinski definition) is 2. The van der Waals surface area contributed by atoms with Crippen LogP contribution in [0.3, 0.4) is 0 Å². The molecule has 146 valence electrons. The van der Waals surface area contributed by atoms with E-state index in [0.717, 1.165) is 0 Å². The predicted molar refractivity (Wildman–Crippen MR) is 109 cm³/mol. The second-order valence-electron chi connectivity index (χ2n) is 6.19. The topological polar surface area (TPSA) is 101 Å². The smallest absolute Gasteiger partial charge is 0.264 e. The minimum absolute atomic E-state index is 0.0904. The minimum atomic E-state index is -3.92. The van der Waals surface area contributed by atoms with E-state index in [4.69, 9.17) is 16.3 Å². The van der Waals surface area contributed by atoms with Crippen molar-refractivity contribution in [1.29, 1.82) is 0 Å². The molecule has 7 nitrogen and oxygen atoms in total. The van der Waals surface area contributed by atoms with Crippen LogP contribution in [0.15, 0.2) is 52.2 Å². The monoisotopic (exact) mass is 419 g/mol. The van der Waals surface area contributed by atoms with Crippen LogP contribution in [0.1, 0.15) is 11.1 Å². The molecule has 1 heterocycles. The summed E-state index contributed by atoms with van der Waals surface area (Å²) in [5, 5.41) is 6.76. The van der Waals surface area contributed by atoms with Crippen LogP contribution >= 0.6 is 11.6 Å². The Bertz CT molecular complexity index is 1190. The number of H-pyrrole nitrogens is 1. The Kier molecular flexibility index (Phi) is 5.44. The highest BCUT2D eigenvalue weighted by Crippen LogP contribution is 2.33. The Balaban J connectivity index is 2.05. The SMILES string of the molecule is COc1cc(Cl)c(C)cc1NS(=O)(=O)c1cc(-c2ccc(=O)[nH]n2)ccc1C. The standard InChI is InChI=1S/C19H18ClN3O4S/c1-11-4-5-13(15-6-7-19(24)22-21-15)9-18(11)28(25,26)23-16-8-12(2)14(20)10-17(16)27-3/h4-10,23H,1-3H3,(H,22,24). The van der Waals surface area contributed by atoms with Gasteiger partial charge in [-0.2, -0.15) is 5.10 Å². The molecule has 2 aromatic carbocycles. The summed E-state index contributed by atoms with van der Waals surface area (Å²) in [6, 6.07) is 11.0. The second-order valence-corrected chi connectivity index (χ2v) is 8.25. The van der Waals surface area contributed by atoms with Gasteiger partial charge < -0.3 is 4.74 Å². The highest BCUT2D eigenvalue weighted by Gasteiger charge is 2.21. The van der Waals surface area contributed by atoms with E-state index in [1.165, 1.54) is 25.3 Å². The third-order valence-electron chi connectivity index (χ3n) is 4.18. The molecule has 9 heteroatoms. The normalized spacial score (nSPS) is 11.3. The van der Waals surface area contributed by atoms with Gasteiger partial charge in [0.05, 0.1) is 23.4 Å². The summed E-state index contributed by atoms with van der Waals surface area (Å²) in [4.78, 5) is 11.3. The van der Waals surface area contributed by atoms with Gasteiger partial charge in [-0.15, -0.1) is 0 Å². The van der Waals surface area contributed by atoms with Crippen molar-refractivity contribution in [3.8, 4) is 17.0 Å². The molecule has 3 rings (SSSR count). The van der Waals surface area contributed by atoms with Gasteiger partial charge in [-0.05, 0) is 43.2 Å². The van der Waals surface area contributed by atoms with E-state index < -0.39 is 10.0 Å². The zero-order chi connectivity index (χ0) is 20.5. The fourth-order valence-corrected chi connectivity index (χ4v) is 4.15. The molecule has 3 aromatic rings. The average Bonchev–Trinajstić information content (AvgIpc) is 2.65. The first-order valence-electron chi connectivity index (χ1n) is 8.25. The second kappa shape index (κ2) is 7.65. The Labute approximate surface area is 167 Å². The van der Waals surface area contributed by atoms with Crippen LogP contribution in [-0.4, -0.2) is 25.7 Å². The molecule has 0 aliphatic carbocycles. The zero-order valence-corrected chi connectivity index (χ0v) is 17.0. The van der Waals surface area contributed by atoms with E-state index in [0.29, 0.717) is 33.2 Å². The quantitative estimate of drug-likeness (QED) is 0.658. The summed E-state index contributed by atoms with van der Waals surface area (Å²) in [7, 11) is -2.48. The molecule has 28 heavy (non-hydrogen) atoms. The number of sulfonamides is 1. The molecule has 0 fully saturated rings. The lowest BCUT2D eigenvalue weighted by Gasteiger charge is -2.15. The molecule has 0 radical (unpaired) electrons. The summed E-state index contributed by atoms with van der Waals surface area (Å²) in [5.41, 5.74) is 2.23. The number of benzene rings is 2. The van der Waals surface area contributed by atoms with Crippen LogP contribution in [0.25, 0.3) is 11.3 Å². The van der Waals surface area contributed by atoms with Crippen molar-refractivity contribution in [2.75, 3.05) is 11.8 Å². The zero-order valence-electron chi connectivity index (χ0n) is 15.4. The first kappa shape index (κ1) is 19.9. The summed E-state index contributed by atoms with van der Waals surface area (Å²) in [5.74, 6) is 0.315. The molecule has 0 aliphatic rings. The number of rotatable bonds is 5. The third-order valence-corrected chi connectivity index (χ3v) is 6.09. The Hall–Kier alpha value is -2.84. The van der Waals surface area contributed by atoms with E-state index >= 15 is 0 Å². The van der Waals surface area contributed by atoms with Crippen molar-refractivity contribution in [2.24, 2.45) is 0 Å². The van der Waals surface area contributed by atoms with Crippen LogP contribution in [0.2, 0.25) is 5.02 Å². The summed E-state index contributed by atoms with van der Waals surface area (Å²) < 4.78 is 33.9. The fraction of sp³-hybridized carbons (Fsp3) is 0.158. The van der Waals surface area contributed by atoms with Crippen LogP contribution in [0.4, 0.5) is 5.69 Å². The van der Waals surface area contributed by atoms with Gasteiger partial charge in [0, 0.05) is 22.7 Å². The lowest BCUT2D eigenvalue weighted by atomic mass is 10.1. The molecule has 0 saturated heterocycles. The molecule has 1 aromatic heterocycles. The predicted octanol–water partition coefficient (Wildman–Crippen LogP) is 3.52. The number of halogens is 1. The van der Waals surface area contributed by atoms with Crippen molar-refractivity contribution in [3.63, 3.8) is 0 Å². The molecule has 0 aliphatic heterocycles. The molecule has 0 bridgehead atoms. The van der Waals surface area contributed by atoms with Crippen molar-refractivity contribution >= 4 is 27.3 Å². The summed E-state index contributed by atoms with van der Waals surface area (Å²) >= 11 is 6.09. The molecule has 2 N–H and O–H groups in total. The first-order chi connectivity index (χ1) is 13.2. The lowest BCUT2D eigenvalue weighted by molar-refractivity contribution is 0.417. The number of ether oxygens (including phenoxy) is 1. The van der Waals surface area contributed by atoms with Crippen LogP contribution in [0.5, 0.6) is 5.75 Å². The number of hydrogen-bond acceptors (Lipinski definition) is 5. The maximum absolute atomic E-state index is 13.0. The van der Waals surface area contributed by atoms with Crippen LogP contribution in [0, 0.1) is 13.8 Å². The van der Waals surface area contributed by atoms with Gasteiger partial charge in [-0.25, -0.2) is 13.5 Å². The lowest BCUT2D eigenvalue weighted by Crippen LogP contribution is -2.15. The molecular weight excluding hydrogens is 402 g/mol. The number of aromatic amines is 1. The fourth-order valence-electron chi connectivity index (χ4n) is 2.67. The largest absolute Gasteiger partial charge is 0.495 e. The third kappa shape index (κ3) is 4.02. The minimum Gasteiger partial charge on any atom is -0.495 e. The highest BCUT2D eigenvalue weighted by atomic mass is 35.5. The molecule has 0 spiro atoms. The highest BCUT2D eigenvalue weighted by molar-refractivity contribution is 7.92. The Morgan fingerprint density at radius 1 is 1.07 bits per heavy atom. The number of nitrogens with one attached hydrogen (secondary N) is 2. The number of anilines is 1. The van der Waals surface area contributed by atoms with Gasteiger partial charge in [0.15, 0.2) is 0 Å².